The molecule has 0 saturated heterocycles. The summed E-state index contributed by atoms with van der Waals surface area (Å²) in [6.45, 7) is 0. The van der Waals surface area contributed by atoms with Gasteiger partial charge in [-0.25, -0.2) is 4.79 Å². The second-order valence-electron chi connectivity index (χ2n) is 3.04. The summed E-state index contributed by atoms with van der Waals surface area (Å²) in [6, 6.07) is 7.34. The van der Waals surface area contributed by atoms with Gasteiger partial charge in [0.2, 0.25) is 0 Å². The van der Waals surface area contributed by atoms with Gasteiger partial charge in [-0.15, -0.1) is 0 Å². The minimum absolute atomic E-state index is 0.132. The number of benzene rings is 1. The number of aromatic carboxylic acids is 1. The van der Waals surface area contributed by atoms with E-state index in [2.05, 4.69) is 0 Å². The molecule has 1 aromatic carbocycles. The summed E-state index contributed by atoms with van der Waals surface area (Å²) in [5.74, 6) is -1.01. The molecule has 0 spiro atoms. The standard InChI is InChI=1S/C10H8ClNO2/c1-12-7-5-3-2-4-6(7)8(11)9(12)10(13)14/h2-5H,1H3,(H,13,14). The zero-order valence-electron chi connectivity index (χ0n) is 7.49. The zero-order valence-corrected chi connectivity index (χ0v) is 8.25. The summed E-state index contributed by atoms with van der Waals surface area (Å²) in [6.07, 6.45) is 0. The minimum atomic E-state index is -1.01. The first kappa shape index (κ1) is 9.09. The molecule has 0 unspecified atom stereocenters. The van der Waals surface area contributed by atoms with E-state index in [1.807, 2.05) is 24.3 Å². The molecular weight excluding hydrogens is 202 g/mol. The highest BCUT2D eigenvalue weighted by Gasteiger charge is 2.18. The molecule has 1 N–H and O–H groups in total. The molecular formula is C10H8ClNO2. The topological polar surface area (TPSA) is 42.2 Å². The maximum Gasteiger partial charge on any atom is 0.354 e. The van der Waals surface area contributed by atoms with E-state index in [1.165, 1.54) is 0 Å². The van der Waals surface area contributed by atoms with Crippen molar-refractivity contribution in [3.8, 4) is 0 Å². The predicted molar refractivity (Wildman–Crippen MR) is 54.9 cm³/mol. The smallest absolute Gasteiger partial charge is 0.354 e. The van der Waals surface area contributed by atoms with E-state index >= 15 is 0 Å². The number of hydrogen-bond acceptors (Lipinski definition) is 1. The first-order valence-corrected chi connectivity index (χ1v) is 4.47. The summed E-state index contributed by atoms with van der Waals surface area (Å²) in [5, 5.41) is 10.0. The van der Waals surface area contributed by atoms with Crippen LogP contribution in [0.25, 0.3) is 10.9 Å². The molecule has 0 aliphatic heterocycles. The summed E-state index contributed by atoms with van der Waals surface area (Å²) < 4.78 is 1.58. The van der Waals surface area contributed by atoms with Gasteiger partial charge in [0.15, 0.2) is 0 Å². The summed E-state index contributed by atoms with van der Waals surface area (Å²) in [4.78, 5) is 10.9. The van der Waals surface area contributed by atoms with Crippen LogP contribution in [0, 0.1) is 0 Å². The Hall–Kier alpha value is -1.48. The lowest BCUT2D eigenvalue weighted by Gasteiger charge is -1.97. The minimum Gasteiger partial charge on any atom is -0.477 e. The van der Waals surface area contributed by atoms with Gasteiger partial charge in [-0.3, -0.25) is 0 Å². The number of aromatic nitrogens is 1. The van der Waals surface area contributed by atoms with Crippen molar-refractivity contribution in [1.29, 1.82) is 0 Å². The van der Waals surface area contributed by atoms with Crippen LogP contribution >= 0.6 is 11.6 Å². The van der Waals surface area contributed by atoms with E-state index < -0.39 is 5.97 Å². The van der Waals surface area contributed by atoms with Gasteiger partial charge in [-0.05, 0) is 6.07 Å². The van der Waals surface area contributed by atoms with Crippen LogP contribution in [0.4, 0.5) is 0 Å². The molecule has 0 fully saturated rings. The Balaban J connectivity index is 2.92. The van der Waals surface area contributed by atoms with Gasteiger partial charge in [0, 0.05) is 18.0 Å². The average molecular weight is 210 g/mol. The number of aryl methyl sites for hydroxylation is 1. The lowest BCUT2D eigenvalue weighted by atomic mass is 10.2. The number of hydrogen-bond donors (Lipinski definition) is 1. The van der Waals surface area contributed by atoms with Crippen LogP contribution in [0.1, 0.15) is 10.5 Å². The highest BCUT2D eigenvalue weighted by atomic mass is 35.5. The van der Waals surface area contributed by atoms with Crippen molar-refractivity contribution in [2.24, 2.45) is 7.05 Å². The van der Waals surface area contributed by atoms with Crippen LogP contribution in [0.5, 0.6) is 0 Å². The highest BCUT2D eigenvalue weighted by molar-refractivity contribution is 6.38. The number of para-hydroxylation sites is 1. The number of carboxylic acids is 1. The fourth-order valence-electron chi connectivity index (χ4n) is 1.58. The number of carboxylic acid groups (broad SMARTS) is 1. The van der Waals surface area contributed by atoms with Gasteiger partial charge >= 0.3 is 5.97 Å². The molecule has 0 atom stereocenters. The molecule has 2 aromatic rings. The first-order valence-electron chi connectivity index (χ1n) is 4.09. The van der Waals surface area contributed by atoms with Crippen molar-refractivity contribution in [2.45, 2.75) is 0 Å². The fourth-order valence-corrected chi connectivity index (χ4v) is 1.95. The van der Waals surface area contributed by atoms with Crippen molar-refractivity contribution >= 4 is 28.5 Å². The molecule has 0 amide bonds. The van der Waals surface area contributed by atoms with Crippen LogP contribution in [0.2, 0.25) is 5.02 Å². The Bertz CT molecular complexity index is 477. The van der Waals surface area contributed by atoms with Gasteiger partial charge in [0.1, 0.15) is 5.69 Å². The Kier molecular flexibility index (Phi) is 1.97. The highest BCUT2D eigenvalue weighted by Crippen LogP contribution is 2.29. The van der Waals surface area contributed by atoms with Crippen molar-refractivity contribution in [3.63, 3.8) is 0 Å². The third-order valence-electron chi connectivity index (χ3n) is 2.25. The van der Waals surface area contributed by atoms with E-state index in [1.54, 1.807) is 11.6 Å². The molecule has 0 aliphatic rings. The quantitative estimate of drug-likeness (QED) is 0.784. The van der Waals surface area contributed by atoms with Crippen molar-refractivity contribution < 1.29 is 9.90 Å². The van der Waals surface area contributed by atoms with Crippen LogP contribution in [-0.4, -0.2) is 15.6 Å². The third kappa shape index (κ3) is 1.09. The van der Waals surface area contributed by atoms with Gasteiger partial charge in [0.25, 0.3) is 0 Å². The van der Waals surface area contributed by atoms with Gasteiger partial charge < -0.3 is 9.67 Å². The maximum atomic E-state index is 10.9. The molecule has 72 valence electrons. The van der Waals surface area contributed by atoms with Crippen molar-refractivity contribution in [3.05, 3.63) is 35.0 Å². The summed E-state index contributed by atoms with van der Waals surface area (Å²) in [5.41, 5.74) is 0.961. The molecule has 0 bridgehead atoms. The average Bonchev–Trinajstić information content (AvgIpc) is 2.41. The van der Waals surface area contributed by atoms with Crippen LogP contribution in [0.15, 0.2) is 24.3 Å². The monoisotopic (exact) mass is 209 g/mol. The molecule has 1 heterocycles. The predicted octanol–water partition coefficient (Wildman–Crippen LogP) is 2.53. The van der Waals surface area contributed by atoms with Crippen molar-refractivity contribution in [2.75, 3.05) is 0 Å². The Morgan fingerprint density at radius 3 is 2.64 bits per heavy atom. The molecule has 0 saturated carbocycles. The van der Waals surface area contributed by atoms with Crippen LogP contribution in [0.3, 0.4) is 0 Å². The molecule has 0 radical (unpaired) electrons. The molecule has 1 aromatic heterocycles. The number of nitrogens with zero attached hydrogens (tertiary/aromatic N) is 1. The van der Waals surface area contributed by atoms with Gasteiger partial charge in [0.05, 0.1) is 5.02 Å². The second-order valence-corrected chi connectivity index (χ2v) is 3.42. The molecule has 2 rings (SSSR count). The number of fused-ring (bicyclic) bond motifs is 1. The zero-order chi connectivity index (χ0) is 10.3. The van der Waals surface area contributed by atoms with Crippen molar-refractivity contribution in [1.82, 2.24) is 4.57 Å². The fraction of sp³-hybridized carbons (Fsp3) is 0.100. The van der Waals surface area contributed by atoms with Crippen LogP contribution < -0.4 is 0 Å². The lowest BCUT2D eigenvalue weighted by Crippen LogP contribution is -2.04. The molecule has 14 heavy (non-hydrogen) atoms. The Labute approximate surface area is 85.5 Å². The Morgan fingerprint density at radius 2 is 2.07 bits per heavy atom. The van der Waals surface area contributed by atoms with E-state index in [9.17, 15) is 4.79 Å². The van der Waals surface area contributed by atoms with Gasteiger partial charge in [-0.1, -0.05) is 29.8 Å². The number of halogens is 1. The molecule has 0 aliphatic carbocycles. The second kappa shape index (κ2) is 3.03. The van der Waals surface area contributed by atoms with E-state index in [4.69, 9.17) is 16.7 Å². The van der Waals surface area contributed by atoms with Crippen LogP contribution in [-0.2, 0) is 7.05 Å². The summed E-state index contributed by atoms with van der Waals surface area (Å²) >= 11 is 5.96. The molecule has 4 heteroatoms. The molecule has 3 nitrogen and oxygen atoms in total. The van der Waals surface area contributed by atoms with E-state index in [-0.39, 0.29) is 5.69 Å². The lowest BCUT2D eigenvalue weighted by molar-refractivity contribution is 0.0687. The van der Waals surface area contributed by atoms with E-state index in [0.29, 0.717) is 5.02 Å². The SMILES string of the molecule is Cn1c(C(=O)O)c(Cl)c2ccccc21. The third-order valence-corrected chi connectivity index (χ3v) is 2.63. The summed E-state index contributed by atoms with van der Waals surface area (Å²) in [7, 11) is 1.69. The van der Waals surface area contributed by atoms with E-state index in [0.717, 1.165) is 10.9 Å². The first-order chi connectivity index (χ1) is 6.63. The van der Waals surface area contributed by atoms with Gasteiger partial charge in [-0.2, -0.15) is 0 Å². The Morgan fingerprint density at radius 1 is 1.43 bits per heavy atom. The maximum absolute atomic E-state index is 10.9. The normalized spacial score (nSPS) is 10.7. The number of carbonyl (C=O) groups is 1. The largest absolute Gasteiger partial charge is 0.477 e. The number of rotatable bonds is 1.